The predicted octanol–water partition coefficient (Wildman–Crippen LogP) is -0.0125. The number of hydrogen-bond donors (Lipinski definition) is 2. The van der Waals surface area contributed by atoms with Crippen LogP contribution in [-0.2, 0) is 4.79 Å². The maximum atomic E-state index is 10.5. The Morgan fingerprint density at radius 3 is 2.70 bits per heavy atom. The van der Waals surface area contributed by atoms with Crippen LogP contribution in [0, 0.1) is 5.92 Å². The second-order valence-electron chi connectivity index (χ2n) is 2.87. The minimum Gasteiger partial charge on any atom is -0.480 e. The Labute approximate surface area is 58.7 Å². The third-order valence-electron chi connectivity index (χ3n) is 2.20. The molecule has 2 rings (SSSR count). The van der Waals surface area contributed by atoms with E-state index in [4.69, 9.17) is 5.11 Å². The minimum absolute atomic E-state index is 0.238. The van der Waals surface area contributed by atoms with Crippen molar-refractivity contribution in [1.82, 2.24) is 5.32 Å². The van der Waals surface area contributed by atoms with Gasteiger partial charge in [-0.3, -0.25) is 10.1 Å². The van der Waals surface area contributed by atoms with Gasteiger partial charge in [-0.05, 0) is 6.42 Å². The summed E-state index contributed by atoms with van der Waals surface area (Å²) in [5.41, 5.74) is 0. The van der Waals surface area contributed by atoms with Gasteiger partial charge in [-0.2, -0.15) is 0 Å². The summed E-state index contributed by atoms with van der Waals surface area (Å²) in [6, 6.07) is 0.00102. The first-order valence-corrected chi connectivity index (χ1v) is 3.44. The Balaban J connectivity index is 2.16. The molecule has 54 valence electrons. The topological polar surface area (TPSA) is 49.3 Å². The number of carboxylic acids is 1. The second-order valence-corrected chi connectivity index (χ2v) is 2.87. The normalized spacial score (nSPS) is 42.6. The van der Waals surface area contributed by atoms with Gasteiger partial charge in [0.2, 0.25) is 0 Å². The summed E-state index contributed by atoms with van der Waals surface area (Å²) in [6.45, 7) is 0. The van der Waals surface area contributed by atoms with Gasteiger partial charge >= 0.3 is 5.97 Å². The summed E-state index contributed by atoms with van der Waals surface area (Å²) in [7, 11) is 0. The fourth-order valence-corrected chi connectivity index (χ4v) is 1.71. The first-order chi connectivity index (χ1) is 4.77. The van der Waals surface area contributed by atoms with Crippen molar-refractivity contribution in [1.29, 1.82) is 0 Å². The highest BCUT2D eigenvalue weighted by atomic mass is 16.4. The highest BCUT2D eigenvalue weighted by Crippen LogP contribution is 2.28. The molecule has 10 heavy (non-hydrogen) atoms. The van der Waals surface area contributed by atoms with Gasteiger partial charge in [-0.25, -0.2) is 0 Å². The highest BCUT2D eigenvalue weighted by Gasteiger charge is 2.39. The van der Waals surface area contributed by atoms with Crippen LogP contribution in [0.4, 0.5) is 0 Å². The molecule has 3 nitrogen and oxygen atoms in total. The summed E-state index contributed by atoms with van der Waals surface area (Å²) in [6.07, 6.45) is 5.01. The Kier molecular flexibility index (Phi) is 1.08. The summed E-state index contributed by atoms with van der Waals surface area (Å²) in [4.78, 5) is 10.5. The smallest absolute Gasteiger partial charge is 0.321 e. The van der Waals surface area contributed by atoms with Crippen LogP contribution in [0.3, 0.4) is 0 Å². The number of carbonyl (C=O) groups is 1. The van der Waals surface area contributed by atoms with E-state index >= 15 is 0 Å². The summed E-state index contributed by atoms with van der Waals surface area (Å²) >= 11 is 0. The van der Waals surface area contributed by atoms with Crippen molar-refractivity contribution in [3.63, 3.8) is 0 Å². The molecule has 0 amide bonds. The van der Waals surface area contributed by atoms with Crippen LogP contribution >= 0.6 is 0 Å². The van der Waals surface area contributed by atoms with Crippen LogP contribution in [0.2, 0.25) is 0 Å². The van der Waals surface area contributed by atoms with Crippen molar-refractivity contribution >= 4 is 5.97 Å². The van der Waals surface area contributed by atoms with Crippen LogP contribution in [-0.4, -0.2) is 23.2 Å². The third-order valence-corrected chi connectivity index (χ3v) is 2.20. The van der Waals surface area contributed by atoms with Crippen LogP contribution in [0.25, 0.3) is 0 Å². The molecular formula is C7H9NO2. The maximum Gasteiger partial charge on any atom is 0.321 e. The Morgan fingerprint density at radius 2 is 2.40 bits per heavy atom. The van der Waals surface area contributed by atoms with Crippen molar-refractivity contribution in [2.45, 2.75) is 18.5 Å². The molecule has 0 aromatic rings. The molecule has 2 bridgehead atoms. The van der Waals surface area contributed by atoms with Gasteiger partial charge in [0, 0.05) is 12.0 Å². The molecule has 2 aliphatic rings. The molecule has 1 fully saturated rings. The van der Waals surface area contributed by atoms with Crippen LogP contribution in [0.15, 0.2) is 12.2 Å². The molecule has 1 aliphatic carbocycles. The van der Waals surface area contributed by atoms with Gasteiger partial charge in [0.15, 0.2) is 0 Å². The second kappa shape index (κ2) is 1.83. The molecule has 0 unspecified atom stereocenters. The molecule has 1 heterocycles. The van der Waals surface area contributed by atoms with E-state index in [1.54, 1.807) is 0 Å². The van der Waals surface area contributed by atoms with E-state index in [1.807, 2.05) is 12.2 Å². The molecule has 1 aliphatic heterocycles. The SMILES string of the molecule is O=C(O)[C@H]1N[C@H]2C=C[C@H]1C2. The van der Waals surface area contributed by atoms with Gasteiger partial charge in [-0.15, -0.1) is 0 Å². The van der Waals surface area contributed by atoms with Crippen molar-refractivity contribution < 1.29 is 9.90 Å². The van der Waals surface area contributed by atoms with Crippen molar-refractivity contribution in [3.8, 4) is 0 Å². The average molecular weight is 139 g/mol. The fourth-order valence-electron chi connectivity index (χ4n) is 1.71. The largest absolute Gasteiger partial charge is 0.480 e. The van der Waals surface area contributed by atoms with E-state index in [1.165, 1.54) is 0 Å². The van der Waals surface area contributed by atoms with Gasteiger partial charge in [0.25, 0.3) is 0 Å². The molecule has 2 N–H and O–H groups in total. The number of carboxylic acid groups (broad SMARTS) is 1. The van der Waals surface area contributed by atoms with E-state index in [0.29, 0.717) is 6.04 Å². The minimum atomic E-state index is -0.725. The van der Waals surface area contributed by atoms with Gasteiger partial charge < -0.3 is 5.11 Å². The van der Waals surface area contributed by atoms with Crippen molar-refractivity contribution in [3.05, 3.63) is 12.2 Å². The van der Waals surface area contributed by atoms with E-state index < -0.39 is 5.97 Å². The van der Waals surface area contributed by atoms with Gasteiger partial charge in [0.1, 0.15) is 6.04 Å². The average Bonchev–Trinajstić information content (AvgIpc) is 2.44. The Bertz CT molecular complexity index is 200. The number of fused-ring (bicyclic) bond motifs is 2. The monoisotopic (exact) mass is 139 g/mol. The van der Waals surface area contributed by atoms with Gasteiger partial charge in [-0.1, -0.05) is 12.2 Å². The zero-order chi connectivity index (χ0) is 7.14. The van der Waals surface area contributed by atoms with E-state index in [-0.39, 0.29) is 12.0 Å². The predicted molar refractivity (Wildman–Crippen MR) is 35.6 cm³/mol. The molecule has 0 spiro atoms. The quantitative estimate of drug-likeness (QED) is 0.502. The highest BCUT2D eigenvalue weighted by molar-refractivity contribution is 5.75. The van der Waals surface area contributed by atoms with Crippen LogP contribution < -0.4 is 5.32 Å². The molecule has 0 saturated carbocycles. The third kappa shape index (κ3) is 0.671. The lowest BCUT2D eigenvalue weighted by atomic mass is 10.0. The number of nitrogens with one attached hydrogen (secondary N) is 1. The molecule has 0 aromatic carbocycles. The molecule has 0 radical (unpaired) electrons. The zero-order valence-corrected chi connectivity index (χ0v) is 5.45. The lowest BCUT2D eigenvalue weighted by Crippen LogP contribution is -2.39. The molecule has 3 atom stereocenters. The lowest BCUT2D eigenvalue weighted by molar-refractivity contribution is -0.139. The maximum absolute atomic E-state index is 10.5. The van der Waals surface area contributed by atoms with Gasteiger partial charge in [0.05, 0.1) is 0 Å². The lowest BCUT2D eigenvalue weighted by Gasteiger charge is -2.13. The first kappa shape index (κ1) is 5.92. The summed E-state index contributed by atoms with van der Waals surface area (Å²) in [5, 5.41) is 11.6. The van der Waals surface area contributed by atoms with Crippen LogP contribution in [0.1, 0.15) is 6.42 Å². The van der Waals surface area contributed by atoms with E-state index in [2.05, 4.69) is 5.32 Å². The number of hydrogen-bond acceptors (Lipinski definition) is 2. The van der Waals surface area contributed by atoms with E-state index in [0.717, 1.165) is 6.42 Å². The fraction of sp³-hybridized carbons (Fsp3) is 0.571. The number of aliphatic carboxylic acids is 1. The van der Waals surface area contributed by atoms with Crippen LogP contribution in [0.5, 0.6) is 0 Å². The molecular weight excluding hydrogens is 130 g/mol. The van der Waals surface area contributed by atoms with Crippen molar-refractivity contribution in [2.24, 2.45) is 5.92 Å². The molecule has 3 heteroatoms. The summed E-state index contributed by atoms with van der Waals surface area (Å²) in [5.74, 6) is -0.487. The van der Waals surface area contributed by atoms with Crippen molar-refractivity contribution in [2.75, 3.05) is 0 Å². The number of rotatable bonds is 1. The standard InChI is InChI=1S/C7H9NO2/c9-7(10)6-4-1-2-5(3-4)8-6/h1-2,4-6,8H,3H2,(H,9,10)/t4-,5-,6-/m0/s1. The first-order valence-electron chi connectivity index (χ1n) is 3.44. The Morgan fingerprint density at radius 1 is 1.60 bits per heavy atom. The Hall–Kier alpha value is -0.830. The summed E-state index contributed by atoms with van der Waals surface area (Å²) < 4.78 is 0. The zero-order valence-electron chi connectivity index (χ0n) is 5.45. The molecule has 1 saturated heterocycles. The molecule has 0 aromatic heterocycles. The van der Waals surface area contributed by atoms with E-state index in [9.17, 15) is 4.79 Å².